The molecule has 160 valence electrons. The van der Waals surface area contributed by atoms with Gasteiger partial charge in [0.1, 0.15) is 11.6 Å². The summed E-state index contributed by atoms with van der Waals surface area (Å²) in [6.07, 6.45) is -1.53. The van der Waals surface area contributed by atoms with Crippen molar-refractivity contribution in [3.63, 3.8) is 0 Å². The smallest absolute Gasteiger partial charge is 0.419 e. The molecule has 0 aromatic heterocycles. The molecule has 31 heavy (non-hydrogen) atoms. The summed E-state index contributed by atoms with van der Waals surface area (Å²) in [7, 11) is 0. The van der Waals surface area contributed by atoms with Crippen LogP contribution in [0.5, 0.6) is 5.75 Å². The van der Waals surface area contributed by atoms with E-state index in [1.54, 1.807) is 18.3 Å². The maximum absolute atomic E-state index is 13.2. The third-order valence-corrected chi connectivity index (χ3v) is 5.71. The number of anilines is 1. The summed E-state index contributed by atoms with van der Waals surface area (Å²) in [4.78, 5) is 18.5. The number of nitriles is 1. The number of ether oxygens (including phenoxy) is 1. The lowest BCUT2D eigenvalue weighted by Crippen LogP contribution is -2.49. The van der Waals surface area contributed by atoms with Crippen molar-refractivity contribution in [2.24, 2.45) is 4.99 Å². The monoisotopic (exact) mass is 428 g/mol. The van der Waals surface area contributed by atoms with Gasteiger partial charge in [-0.2, -0.15) is 23.4 Å². The molecular weight excluding hydrogens is 409 g/mol. The lowest BCUT2D eigenvalue weighted by Gasteiger charge is -2.35. The van der Waals surface area contributed by atoms with Crippen molar-refractivity contribution >= 4 is 17.4 Å². The van der Waals surface area contributed by atoms with Crippen molar-refractivity contribution < 1.29 is 22.7 Å². The Morgan fingerprint density at radius 1 is 1.16 bits per heavy atom. The number of alkyl halides is 3. The summed E-state index contributed by atoms with van der Waals surface area (Å²) < 4.78 is 45.0. The summed E-state index contributed by atoms with van der Waals surface area (Å²) >= 11 is 0. The molecule has 1 spiro atoms. The predicted molar refractivity (Wildman–Crippen MR) is 108 cm³/mol. The number of rotatable bonds is 3. The Balaban J connectivity index is 1.67. The number of aliphatic imine (C=N–C) groups is 1. The average Bonchev–Trinajstić information content (AvgIpc) is 3.02. The molecule has 2 aromatic rings. The number of carbonyl (C=O) groups is 1. The summed E-state index contributed by atoms with van der Waals surface area (Å²) in [5, 5.41) is 12.6. The molecule has 6 nitrogen and oxygen atoms in total. The third kappa shape index (κ3) is 3.64. The van der Waals surface area contributed by atoms with Crippen molar-refractivity contribution in [1.29, 1.82) is 5.26 Å². The largest absolute Gasteiger partial charge is 0.483 e. The Kier molecular flexibility index (Phi) is 5.41. The molecule has 2 aromatic carbocycles. The molecule has 1 saturated heterocycles. The van der Waals surface area contributed by atoms with E-state index in [1.165, 1.54) is 23.1 Å². The maximum atomic E-state index is 13.2. The SMILES string of the molecule is N#CN=C1N(C(=O)COc2ccccc2C(F)(F)F)c2ccccc2C12CCNCC2. The van der Waals surface area contributed by atoms with Crippen LogP contribution in [0.3, 0.4) is 0 Å². The van der Waals surface area contributed by atoms with E-state index in [2.05, 4.69) is 10.3 Å². The highest BCUT2D eigenvalue weighted by molar-refractivity contribution is 6.25. The Morgan fingerprint density at radius 2 is 1.84 bits per heavy atom. The molecule has 0 bridgehead atoms. The van der Waals surface area contributed by atoms with E-state index < -0.39 is 35.4 Å². The van der Waals surface area contributed by atoms with Crippen LogP contribution < -0.4 is 15.0 Å². The minimum Gasteiger partial charge on any atom is -0.483 e. The molecule has 9 heteroatoms. The van der Waals surface area contributed by atoms with Crippen molar-refractivity contribution in [2.75, 3.05) is 24.6 Å². The van der Waals surface area contributed by atoms with Crippen LogP contribution in [0.2, 0.25) is 0 Å². The first kappa shape index (κ1) is 20.9. The lowest BCUT2D eigenvalue weighted by atomic mass is 9.74. The van der Waals surface area contributed by atoms with E-state index in [-0.39, 0.29) is 0 Å². The van der Waals surface area contributed by atoms with Crippen LogP contribution in [-0.4, -0.2) is 31.4 Å². The van der Waals surface area contributed by atoms with Crippen molar-refractivity contribution in [3.05, 3.63) is 59.7 Å². The zero-order valence-electron chi connectivity index (χ0n) is 16.4. The quantitative estimate of drug-likeness (QED) is 0.758. The molecule has 1 amide bonds. The van der Waals surface area contributed by atoms with Gasteiger partial charge < -0.3 is 10.1 Å². The van der Waals surface area contributed by atoms with Crippen LogP contribution in [0, 0.1) is 11.5 Å². The van der Waals surface area contributed by atoms with Gasteiger partial charge >= 0.3 is 6.18 Å². The highest BCUT2D eigenvalue weighted by Crippen LogP contribution is 2.47. The second-order valence-electron chi connectivity index (χ2n) is 7.40. The second kappa shape index (κ2) is 8.04. The maximum Gasteiger partial charge on any atom is 0.419 e. The minimum absolute atomic E-state index is 0.301. The lowest BCUT2D eigenvalue weighted by molar-refractivity contribution is -0.139. The van der Waals surface area contributed by atoms with Gasteiger partial charge in [0.2, 0.25) is 6.19 Å². The summed E-state index contributed by atoms with van der Waals surface area (Å²) in [6.45, 7) is 0.757. The number of carbonyl (C=O) groups excluding carboxylic acids is 1. The highest BCUT2D eigenvalue weighted by atomic mass is 19.4. The van der Waals surface area contributed by atoms with Crippen molar-refractivity contribution in [1.82, 2.24) is 5.32 Å². The van der Waals surface area contributed by atoms with Crippen LogP contribution in [-0.2, 0) is 16.4 Å². The summed E-state index contributed by atoms with van der Waals surface area (Å²) in [6, 6.07) is 12.0. The number of nitrogens with one attached hydrogen (secondary N) is 1. The van der Waals surface area contributed by atoms with Crippen LogP contribution >= 0.6 is 0 Å². The number of hydrogen-bond acceptors (Lipinski definition) is 5. The Bertz CT molecular complexity index is 1070. The first-order valence-corrected chi connectivity index (χ1v) is 9.78. The molecule has 0 aliphatic carbocycles. The fourth-order valence-corrected chi connectivity index (χ4v) is 4.36. The van der Waals surface area contributed by atoms with E-state index in [9.17, 15) is 23.2 Å². The van der Waals surface area contributed by atoms with Crippen LogP contribution in [0.4, 0.5) is 18.9 Å². The number of hydrogen-bond donors (Lipinski definition) is 1. The van der Waals surface area contributed by atoms with E-state index in [0.29, 0.717) is 37.5 Å². The molecule has 0 atom stereocenters. The number of halogens is 3. The van der Waals surface area contributed by atoms with Crippen LogP contribution in [0.15, 0.2) is 53.5 Å². The molecule has 0 saturated carbocycles. The molecule has 1 fully saturated rings. The fourth-order valence-electron chi connectivity index (χ4n) is 4.36. The number of nitrogens with zero attached hydrogens (tertiary/aromatic N) is 3. The number of benzene rings is 2. The van der Waals surface area contributed by atoms with E-state index >= 15 is 0 Å². The van der Waals surface area contributed by atoms with E-state index in [1.807, 2.05) is 12.1 Å². The molecule has 2 heterocycles. The normalized spacial score (nSPS) is 18.6. The van der Waals surface area contributed by atoms with Gasteiger partial charge in [-0.1, -0.05) is 30.3 Å². The topological polar surface area (TPSA) is 77.7 Å². The highest BCUT2D eigenvalue weighted by Gasteiger charge is 2.51. The molecule has 0 unspecified atom stereocenters. The van der Waals surface area contributed by atoms with Gasteiger partial charge in [-0.25, -0.2) is 0 Å². The van der Waals surface area contributed by atoms with Gasteiger partial charge in [0, 0.05) is 0 Å². The van der Waals surface area contributed by atoms with Gasteiger partial charge in [0.25, 0.3) is 5.91 Å². The molecule has 0 radical (unpaired) electrons. The number of fused-ring (bicyclic) bond motifs is 2. The predicted octanol–water partition coefficient (Wildman–Crippen LogP) is 3.63. The van der Waals surface area contributed by atoms with Gasteiger partial charge in [0.05, 0.1) is 16.7 Å². The number of para-hydroxylation sites is 2. The first-order chi connectivity index (χ1) is 14.9. The van der Waals surface area contributed by atoms with Crippen molar-refractivity contribution in [3.8, 4) is 11.9 Å². The van der Waals surface area contributed by atoms with Gasteiger partial charge in [-0.3, -0.25) is 9.69 Å². The van der Waals surface area contributed by atoms with Gasteiger partial charge in [-0.15, -0.1) is 0 Å². The fraction of sp³-hybridized carbons (Fsp3) is 0.318. The second-order valence-corrected chi connectivity index (χ2v) is 7.40. The number of amidine groups is 1. The number of amides is 1. The van der Waals surface area contributed by atoms with E-state index in [4.69, 9.17) is 4.74 Å². The Morgan fingerprint density at radius 3 is 2.55 bits per heavy atom. The summed E-state index contributed by atoms with van der Waals surface area (Å²) in [5.41, 5.74) is -0.0899. The van der Waals surface area contributed by atoms with Crippen LogP contribution in [0.1, 0.15) is 24.0 Å². The Labute approximate surface area is 176 Å². The number of piperidine rings is 1. The molecule has 2 aliphatic heterocycles. The minimum atomic E-state index is -4.60. The zero-order valence-corrected chi connectivity index (χ0v) is 16.4. The van der Waals surface area contributed by atoms with E-state index in [0.717, 1.165) is 11.6 Å². The van der Waals surface area contributed by atoms with Gasteiger partial charge in [-0.05, 0) is 49.7 Å². The Hall–Kier alpha value is -3.38. The molecular formula is C22H19F3N4O2. The average molecular weight is 428 g/mol. The molecule has 1 N–H and O–H groups in total. The van der Waals surface area contributed by atoms with Gasteiger partial charge in [0.15, 0.2) is 6.61 Å². The standard InChI is InChI=1S/C22H19F3N4O2/c23-22(24,25)16-6-2-4-8-18(16)31-13-19(30)29-17-7-3-1-5-15(17)21(20(29)28-14-26)9-11-27-12-10-21/h1-8,27H,9-13H2. The first-order valence-electron chi connectivity index (χ1n) is 9.78. The molecule has 4 rings (SSSR count). The van der Waals surface area contributed by atoms with Crippen molar-refractivity contribution in [2.45, 2.75) is 24.4 Å². The summed E-state index contributed by atoms with van der Waals surface area (Å²) in [5.74, 6) is -0.713. The van der Waals surface area contributed by atoms with Crippen LogP contribution in [0.25, 0.3) is 0 Å². The zero-order chi connectivity index (χ0) is 22.1. The third-order valence-electron chi connectivity index (χ3n) is 5.71. The molecule has 2 aliphatic rings.